The molecule has 1 aromatic carbocycles. The Morgan fingerprint density at radius 2 is 2.00 bits per heavy atom. The first-order valence-corrected chi connectivity index (χ1v) is 9.67. The lowest BCUT2D eigenvalue weighted by molar-refractivity contribution is -0.117. The molecule has 27 heavy (non-hydrogen) atoms. The SMILES string of the molecule is CCc1ccccc1-n1c(SCC(=O)NC(N)=O)nnc1N1CCOCC1. The summed E-state index contributed by atoms with van der Waals surface area (Å²) in [6, 6.07) is 7.17. The molecule has 0 bridgehead atoms. The Bertz CT molecular complexity index is 819. The number of anilines is 1. The number of nitrogens with zero attached hydrogens (tertiary/aromatic N) is 4. The topological polar surface area (TPSA) is 115 Å². The average molecular weight is 390 g/mol. The minimum absolute atomic E-state index is 0.0124. The second-order valence-corrected chi connectivity index (χ2v) is 6.84. The Morgan fingerprint density at radius 3 is 2.70 bits per heavy atom. The summed E-state index contributed by atoms with van der Waals surface area (Å²) in [5, 5.41) is 11.3. The highest BCUT2D eigenvalue weighted by atomic mass is 32.2. The summed E-state index contributed by atoms with van der Waals surface area (Å²) in [6.45, 7) is 4.79. The van der Waals surface area contributed by atoms with E-state index in [1.165, 1.54) is 11.8 Å². The summed E-state index contributed by atoms with van der Waals surface area (Å²) >= 11 is 1.21. The van der Waals surface area contributed by atoms with Crippen molar-refractivity contribution < 1.29 is 14.3 Å². The second kappa shape index (κ2) is 8.87. The third-order valence-electron chi connectivity index (χ3n) is 4.12. The van der Waals surface area contributed by atoms with Crippen LogP contribution in [-0.4, -0.2) is 58.8 Å². The molecule has 0 spiro atoms. The Kier molecular flexibility index (Phi) is 6.30. The summed E-state index contributed by atoms with van der Waals surface area (Å²) in [5.74, 6) is 0.258. The number of hydrogen-bond donors (Lipinski definition) is 2. The largest absolute Gasteiger partial charge is 0.378 e. The van der Waals surface area contributed by atoms with Gasteiger partial charge in [-0.1, -0.05) is 36.9 Å². The molecule has 1 fully saturated rings. The van der Waals surface area contributed by atoms with Crippen LogP contribution in [0, 0.1) is 0 Å². The van der Waals surface area contributed by atoms with Gasteiger partial charge >= 0.3 is 6.03 Å². The van der Waals surface area contributed by atoms with Crippen molar-refractivity contribution in [1.82, 2.24) is 20.1 Å². The predicted octanol–water partition coefficient (Wildman–Crippen LogP) is 0.953. The van der Waals surface area contributed by atoms with Crippen molar-refractivity contribution in [2.75, 3.05) is 37.0 Å². The second-order valence-electron chi connectivity index (χ2n) is 5.90. The van der Waals surface area contributed by atoms with Gasteiger partial charge in [0.25, 0.3) is 0 Å². The number of carbonyl (C=O) groups excluding carboxylic acids is 2. The number of amides is 3. The first-order valence-electron chi connectivity index (χ1n) is 8.68. The van der Waals surface area contributed by atoms with Gasteiger partial charge in [0.15, 0.2) is 5.16 Å². The van der Waals surface area contributed by atoms with Gasteiger partial charge in [0.2, 0.25) is 11.9 Å². The number of urea groups is 1. The van der Waals surface area contributed by atoms with Gasteiger partial charge in [0.1, 0.15) is 0 Å². The predicted molar refractivity (Wildman–Crippen MR) is 102 cm³/mol. The van der Waals surface area contributed by atoms with E-state index >= 15 is 0 Å². The van der Waals surface area contributed by atoms with E-state index in [2.05, 4.69) is 33.4 Å². The summed E-state index contributed by atoms with van der Waals surface area (Å²) in [5.41, 5.74) is 7.12. The van der Waals surface area contributed by atoms with Gasteiger partial charge in [-0.05, 0) is 18.1 Å². The van der Waals surface area contributed by atoms with E-state index in [1.807, 2.05) is 22.8 Å². The number of rotatable bonds is 6. The normalized spacial score (nSPS) is 14.2. The molecule has 1 aliphatic heterocycles. The highest BCUT2D eigenvalue weighted by Crippen LogP contribution is 2.29. The number of ether oxygens (including phenoxy) is 1. The van der Waals surface area contributed by atoms with Crippen LogP contribution >= 0.6 is 11.8 Å². The van der Waals surface area contributed by atoms with Gasteiger partial charge in [-0.3, -0.25) is 14.7 Å². The highest BCUT2D eigenvalue weighted by molar-refractivity contribution is 7.99. The summed E-state index contributed by atoms with van der Waals surface area (Å²) in [7, 11) is 0. The van der Waals surface area contributed by atoms with E-state index in [0.29, 0.717) is 18.4 Å². The smallest absolute Gasteiger partial charge is 0.318 e. The molecular formula is C17H22N6O3S. The lowest BCUT2D eigenvalue weighted by Crippen LogP contribution is -2.38. The van der Waals surface area contributed by atoms with Crippen molar-refractivity contribution in [3.05, 3.63) is 29.8 Å². The average Bonchev–Trinajstić information content (AvgIpc) is 3.10. The van der Waals surface area contributed by atoms with E-state index in [-0.39, 0.29) is 5.75 Å². The number of aromatic nitrogens is 3. The zero-order chi connectivity index (χ0) is 19.2. The molecule has 2 aromatic rings. The van der Waals surface area contributed by atoms with E-state index < -0.39 is 11.9 Å². The first-order chi connectivity index (χ1) is 13.1. The Hall–Kier alpha value is -2.59. The Balaban J connectivity index is 1.94. The fraction of sp³-hybridized carbons (Fsp3) is 0.412. The maximum Gasteiger partial charge on any atom is 0.318 e. The van der Waals surface area contributed by atoms with Crippen LogP contribution in [0.3, 0.4) is 0 Å². The fourth-order valence-corrected chi connectivity index (χ4v) is 3.61. The summed E-state index contributed by atoms with van der Waals surface area (Å²) in [4.78, 5) is 24.7. The van der Waals surface area contributed by atoms with Crippen LogP contribution in [0.25, 0.3) is 5.69 Å². The molecule has 0 radical (unpaired) electrons. The van der Waals surface area contributed by atoms with Gasteiger partial charge in [-0.25, -0.2) is 4.79 Å². The van der Waals surface area contributed by atoms with E-state index in [4.69, 9.17) is 10.5 Å². The molecule has 10 heteroatoms. The van der Waals surface area contributed by atoms with Crippen molar-refractivity contribution in [2.24, 2.45) is 5.73 Å². The van der Waals surface area contributed by atoms with Crippen LogP contribution < -0.4 is 16.0 Å². The van der Waals surface area contributed by atoms with Gasteiger partial charge in [-0.15, -0.1) is 10.2 Å². The molecule has 0 unspecified atom stereocenters. The van der Waals surface area contributed by atoms with Crippen molar-refractivity contribution in [2.45, 2.75) is 18.5 Å². The molecule has 0 aliphatic carbocycles. The maximum atomic E-state index is 11.8. The molecule has 3 N–H and O–H groups in total. The molecule has 144 valence electrons. The van der Waals surface area contributed by atoms with Crippen molar-refractivity contribution in [3.8, 4) is 5.69 Å². The molecule has 0 saturated carbocycles. The van der Waals surface area contributed by atoms with Crippen molar-refractivity contribution >= 4 is 29.6 Å². The van der Waals surface area contributed by atoms with E-state index in [1.54, 1.807) is 0 Å². The van der Waals surface area contributed by atoms with E-state index in [9.17, 15) is 9.59 Å². The third-order valence-corrected chi connectivity index (χ3v) is 5.05. The molecule has 1 aromatic heterocycles. The first kappa shape index (κ1) is 19.2. The quantitative estimate of drug-likeness (QED) is 0.706. The number of thioether (sulfide) groups is 1. The fourth-order valence-electron chi connectivity index (χ4n) is 2.87. The van der Waals surface area contributed by atoms with Gasteiger partial charge < -0.3 is 15.4 Å². The van der Waals surface area contributed by atoms with Crippen molar-refractivity contribution in [1.29, 1.82) is 0 Å². The number of para-hydroxylation sites is 1. The number of aryl methyl sites for hydroxylation is 1. The summed E-state index contributed by atoms with van der Waals surface area (Å²) in [6.07, 6.45) is 0.850. The molecular weight excluding hydrogens is 368 g/mol. The van der Waals surface area contributed by atoms with Crippen LogP contribution in [0.4, 0.5) is 10.7 Å². The van der Waals surface area contributed by atoms with Crippen LogP contribution in [0.15, 0.2) is 29.4 Å². The molecule has 3 rings (SSSR count). The van der Waals surface area contributed by atoms with Gasteiger partial charge in [-0.2, -0.15) is 0 Å². The lowest BCUT2D eigenvalue weighted by Gasteiger charge is -2.28. The van der Waals surface area contributed by atoms with Crippen LogP contribution in [0.5, 0.6) is 0 Å². The minimum atomic E-state index is -0.868. The van der Waals surface area contributed by atoms with Crippen LogP contribution in [0.2, 0.25) is 0 Å². The molecule has 9 nitrogen and oxygen atoms in total. The molecule has 3 amide bonds. The third kappa shape index (κ3) is 4.58. The number of benzene rings is 1. The Labute approximate surface area is 161 Å². The van der Waals surface area contributed by atoms with Crippen LogP contribution in [0.1, 0.15) is 12.5 Å². The van der Waals surface area contributed by atoms with Crippen LogP contribution in [-0.2, 0) is 16.0 Å². The number of nitrogens with two attached hydrogens (primary N) is 1. The van der Waals surface area contributed by atoms with E-state index in [0.717, 1.165) is 36.7 Å². The monoisotopic (exact) mass is 390 g/mol. The van der Waals surface area contributed by atoms with Crippen molar-refractivity contribution in [3.63, 3.8) is 0 Å². The van der Waals surface area contributed by atoms with Gasteiger partial charge in [0, 0.05) is 13.1 Å². The standard InChI is InChI=1S/C17H22N6O3S/c1-2-12-5-3-4-6-13(12)23-16(22-7-9-26-10-8-22)20-21-17(23)27-11-14(24)19-15(18)25/h3-6H,2,7-11H2,1H3,(H3,18,19,24,25). The molecule has 1 saturated heterocycles. The highest BCUT2D eigenvalue weighted by Gasteiger charge is 2.23. The molecule has 1 aliphatic rings. The number of carbonyl (C=O) groups is 2. The maximum absolute atomic E-state index is 11.8. The zero-order valence-corrected chi connectivity index (χ0v) is 15.9. The number of hydrogen-bond acceptors (Lipinski definition) is 7. The van der Waals surface area contributed by atoms with Gasteiger partial charge in [0.05, 0.1) is 24.7 Å². The Morgan fingerprint density at radius 1 is 1.26 bits per heavy atom. The molecule has 2 heterocycles. The number of imide groups is 1. The molecule has 0 atom stereocenters. The summed E-state index contributed by atoms with van der Waals surface area (Å²) < 4.78 is 7.40. The number of morpholine rings is 1. The lowest BCUT2D eigenvalue weighted by atomic mass is 10.1. The number of nitrogens with one attached hydrogen (secondary N) is 1. The number of primary amides is 1. The minimum Gasteiger partial charge on any atom is -0.378 e. The zero-order valence-electron chi connectivity index (χ0n) is 15.1.